The molecule has 4 heterocycles. The second-order valence-corrected chi connectivity index (χ2v) is 13.8. The number of benzene rings is 3. The lowest BCUT2D eigenvalue weighted by Gasteiger charge is -2.18. The molecule has 0 amide bonds. The molecular weight excluding hydrogens is 686 g/mol. The lowest BCUT2D eigenvalue weighted by atomic mass is 9.90. The number of rotatable bonds is 12. The van der Waals surface area contributed by atoms with Crippen molar-refractivity contribution in [1.29, 1.82) is 5.26 Å². The number of β-amino-alcohol motifs (C(OH)–C–C–N with tert-alkyl or cyclic N) is 1. The summed E-state index contributed by atoms with van der Waals surface area (Å²) in [6.07, 6.45) is 8.22. The van der Waals surface area contributed by atoms with Crippen molar-refractivity contribution in [2.75, 3.05) is 20.2 Å². The molecule has 1 N–H and O–H groups in total. The van der Waals surface area contributed by atoms with Gasteiger partial charge in [0.05, 0.1) is 35.0 Å². The summed E-state index contributed by atoms with van der Waals surface area (Å²) in [6, 6.07) is 24.1. The Hall–Kier alpha value is -5.53. The van der Waals surface area contributed by atoms with E-state index < -0.39 is 0 Å². The van der Waals surface area contributed by atoms with Gasteiger partial charge in [-0.15, -0.1) is 0 Å². The van der Waals surface area contributed by atoms with E-state index in [-0.39, 0.29) is 12.7 Å². The number of fused-ring (bicyclic) bond motifs is 1. The molecule has 0 spiro atoms. The van der Waals surface area contributed by atoms with E-state index in [2.05, 4.69) is 72.3 Å². The van der Waals surface area contributed by atoms with Gasteiger partial charge >= 0.3 is 0 Å². The van der Waals surface area contributed by atoms with Crippen LogP contribution in [0.5, 0.6) is 17.2 Å². The number of aliphatic hydroxyl groups excluding tert-OH is 1. The molecule has 0 bridgehead atoms. The van der Waals surface area contributed by atoms with Crippen LogP contribution in [-0.4, -0.2) is 51.3 Å². The maximum atomic E-state index is 9.93. The largest absolute Gasteiger partial charge is 0.493 e. The zero-order valence-corrected chi connectivity index (χ0v) is 30.7. The van der Waals surface area contributed by atoms with Gasteiger partial charge in [0.1, 0.15) is 25.0 Å². The van der Waals surface area contributed by atoms with Crippen molar-refractivity contribution in [2.45, 2.75) is 52.6 Å². The van der Waals surface area contributed by atoms with Crippen LogP contribution in [0.4, 0.5) is 0 Å². The molecule has 1 saturated heterocycles. The third-order valence-electron chi connectivity index (χ3n) is 9.84. The average molecular weight is 726 g/mol. The predicted octanol–water partition coefficient (Wildman–Crippen LogP) is 8.16. The van der Waals surface area contributed by atoms with Crippen molar-refractivity contribution in [1.82, 2.24) is 19.9 Å². The Morgan fingerprint density at radius 1 is 0.868 bits per heavy atom. The quantitative estimate of drug-likeness (QED) is 0.134. The monoisotopic (exact) mass is 725 g/mol. The molecule has 1 fully saturated rings. The minimum absolute atomic E-state index is 0.193. The Labute approximate surface area is 314 Å². The summed E-state index contributed by atoms with van der Waals surface area (Å²) in [5.41, 5.74) is 11.0. The number of hydrogen-bond acceptors (Lipinski definition) is 9. The van der Waals surface area contributed by atoms with E-state index in [0.29, 0.717) is 47.4 Å². The number of halogens is 1. The minimum Gasteiger partial charge on any atom is -0.493 e. The maximum absolute atomic E-state index is 9.93. The van der Waals surface area contributed by atoms with Crippen LogP contribution in [0.3, 0.4) is 0 Å². The third-order valence-corrected chi connectivity index (χ3v) is 10.1. The fraction of sp³-hybridized carbons (Fsp3) is 0.256. The summed E-state index contributed by atoms with van der Waals surface area (Å²) in [4.78, 5) is 16.0. The molecule has 53 heavy (non-hydrogen) atoms. The number of ether oxygens (including phenoxy) is 3. The molecule has 1 aliphatic rings. The van der Waals surface area contributed by atoms with Crippen molar-refractivity contribution < 1.29 is 19.3 Å². The summed E-state index contributed by atoms with van der Waals surface area (Å²) >= 11 is 6.63. The first-order chi connectivity index (χ1) is 25.8. The van der Waals surface area contributed by atoms with Crippen LogP contribution in [0.1, 0.15) is 51.1 Å². The number of hydrogen-bond donors (Lipinski definition) is 1. The van der Waals surface area contributed by atoms with Crippen molar-refractivity contribution in [3.8, 4) is 34.4 Å². The summed E-state index contributed by atoms with van der Waals surface area (Å²) < 4.78 is 17.9. The van der Waals surface area contributed by atoms with Gasteiger partial charge in [-0.3, -0.25) is 19.9 Å². The van der Waals surface area contributed by atoms with E-state index in [1.165, 1.54) is 17.3 Å². The van der Waals surface area contributed by atoms with Crippen LogP contribution >= 0.6 is 11.6 Å². The summed E-state index contributed by atoms with van der Waals surface area (Å²) in [6.45, 7) is 7.16. The van der Waals surface area contributed by atoms with Gasteiger partial charge in [0.2, 0.25) is 0 Å². The Morgan fingerprint density at radius 2 is 1.64 bits per heavy atom. The van der Waals surface area contributed by atoms with E-state index in [1.807, 2.05) is 18.5 Å². The van der Waals surface area contributed by atoms with Gasteiger partial charge < -0.3 is 19.3 Å². The molecule has 0 aliphatic carbocycles. The molecule has 9 nitrogen and oxygen atoms in total. The van der Waals surface area contributed by atoms with Crippen LogP contribution in [0.25, 0.3) is 22.0 Å². The van der Waals surface area contributed by atoms with Gasteiger partial charge in [0.25, 0.3) is 0 Å². The lowest BCUT2D eigenvalue weighted by Crippen LogP contribution is -2.21. The van der Waals surface area contributed by atoms with Gasteiger partial charge in [-0.2, -0.15) is 5.26 Å². The third kappa shape index (κ3) is 8.11. The lowest BCUT2D eigenvalue weighted by molar-refractivity contribution is 0.175. The molecular formula is C43H40ClN5O4. The number of nitrogens with zero attached hydrogens (tertiary/aromatic N) is 5. The molecule has 10 heteroatoms. The van der Waals surface area contributed by atoms with Gasteiger partial charge in [0, 0.05) is 73.9 Å². The second-order valence-electron chi connectivity index (χ2n) is 13.4. The van der Waals surface area contributed by atoms with Crippen molar-refractivity contribution in [3.05, 3.63) is 141 Å². The van der Waals surface area contributed by atoms with Crippen LogP contribution in [0.15, 0.2) is 91.5 Å². The van der Waals surface area contributed by atoms with Gasteiger partial charge in [-0.05, 0) is 77.4 Å². The standard InChI is InChI=1S/C43H40ClN5O4/c1-27-32(16-39-43-33(10-12-47-39)15-30(22-48-43)23-49-13-11-35(50)24-49)6-4-8-36(27)37-9-5-7-34(28(37)2)26-53-40-18-42(41(51-3)17-38(40)44)52-25-31-14-29(19-45)20-46-21-31/h4-10,12,14-15,17-18,20-22,35,50H,11,13,16,23-26H2,1-3H3/t35-/m1/s1. The highest BCUT2D eigenvalue weighted by Crippen LogP contribution is 2.39. The number of nitriles is 1. The number of likely N-dealkylation sites (tertiary alicyclic amines) is 1. The normalized spacial score (nSPS) is 14.3. The number of aliphatic hydroxyl groups is 1. The molecule has 1 aliphatic heterocycles. The first-order valence-electron chi connectivity index (χ1n) is 17.6. The number of methoxy groups -OCH3 is 1. The van der Waals surface area contributed by atoms with Gasteiger partial charge in [0.15, 0.2) is 11.5 Å². The zero-order valence-electron chi connectivity index (χ0n) is 30.0. The molecule has 6 aromatic rings. The fourth-order valence-electron chi connectivity index (χ4n) is 6.92. The summed E-state index contributed by atoms with van der Waals surface area (Å²) in [5, 5.41) is 20.6. The Morgan fingerprint density at radius 3 is 2.40 bits per heavy atom. The Bertz CT molecular complexity index is 2320. The van der Waals surface area contributed by atoms with Crippen molar-refractivity contribution in [3.63, 3.8) is 0 Å². The highest BCUT2D eigenvalue weighted by atomic mass is 35.5. The van der Waals surface area contributed by atoms with Gasteiger partial charge in [-0.1, -0.05) is 48.0 Å². The Kier molecular flexibility index (Phi) is 10.8. The van der Waals surface area contributed by atoms with E-state index in [4.69, 9.17) is 35.8 Å². The van der Waals surface area contributed by atoms with E-state index >= 15 is 0 Å². The molecule has 7 rings (SSSR count). The number of aromatic nitrogens is 3. The first-order valence-corrected chi connectivity index (χ1v) is 17.9. The molecule has 3 aromatic carbocycles. The molecule has 268 valence electrons. The SMILES string of the molecule is COc1cc(Cl)c(OCc2cccc(-c3cccc(Cc4nccc5cc(CN6CC[C@@H](O)C6)cnc45)c3C)c2C)cc1OCc1cncc(C#N)c1. The molecule has 0 unspecified atom stereocenters. The van der Waals surface area contributed by atoms with Crippen LogP contribution < -0.4 is 14.2 Å². The summed E-state index contributed by atoms with van der Waals surface area (Å²) in [5.74, 6) is 1.40. The topological polar surface area (TPSA) is 114 Å². The van der Waals surface area contributed by atoms with E-state index in [1.54, 1.807) is 31.5 Å². The zero-order chi connectivity index (χ0) is 36.9. The van der Waals surface area contributed by atoms with Crippen molar-refractivity contribution in [2.24, 2.45) is 0 Å². The molecule has 3 aromatic heterocycles. The fourth-order valence-corrected chi connectivity index (χ4v) is 7.12. The smallest absolute Gasteiger partial charge is 0.165 e. The van der Waals surface area contributed by atoms with Crippen LogP contribution in [-0.2, 0) is 26.2 Å². The predicted molar refractivity (Wildman–Crippen MR) is 205 cm³/mol. The second kappa shape index (κ2) is 16.0. The highest BCUT2D eigenvalue weighted by Gasteiger charge is 2.21. The first kappa shape index (κ1) is 35.9. The van der Waals surface area contributed by atoms with Crippen molar-refractivity contribution >= 4 is 22.5 Å². The maximum Gasteiger partial charge on any atom is 0.165 e. The summed E-state index contributed by atoms with van der Waals surface area (Å²) in [7, 11) is 1.55. The van der Waals surface area contributed by atoms with E-state index in [0.717, 1.165) is 69.5 Å². The average Bonchev–Trinajstić information content (AvgIpc) is 3.59. The molecule has 0 saturated carbocycles. The molecule has 0 radical (unpaired) electrons. The van der Waals surface area contributed by atoms with E-state index in [9.17, 15) is 10.4 Å². The van der Waals surface area contributed by atoms with Crippen LogP contribution in [0, 0.1) is 25.2 Å². The minimum atomic E-state index is -0.239. The number of pyridine rings is 3. The molecule has 1 atom stereocenters. The Balaban J connectivity index is 1.08. The highest BCUT2D eigenvalue weighted by molar-refractivity contribution is 6.32. The van der Waals surface area contributed by atoms with Gasteiger partial charge in [-0.25, -0.2) is 0 Å². The van der Waals surface area contributed by atoms with Crippen LogP contribution in [0.2, 0.25) is 5.02 Å².